The van der Waals surface area contributed by atoms with Crippen molar-refractivity contribution in [3.05, 3.63) is 35.7 Å². The molecule has 1 N–H and O–H groups in total. The minimum Gasteiger partial charge on any atom is -0.370 e. The summed E-state index contributed by atoms with van der Waals surface area (Å²) in [6.45, 7) is 2.95. The molecule has 0 atom stereocenters. The third-order valence-corrected chi connectivity index (χ3v) is 3.79. The van der Waals surface area contributed by atoms with E-state index in [9.17, 15) is 0 Å². The summed E-state index contributed by atoms with van der Waals surface area (Å²) in [5.41, 5.74) is 3.23. The molecule has 5 heteroatoms. The molecule has 92 valence electrons. The Labute approximate surface area is 110 Å². The second-order valence-corrected chi connectivity index (χ2v) is 5.04. The molecule has 0 aromatic carbocycles. The van der Waals surface area contributed by atoms with Crippen LogP contribution in [0.1, 0.15) is 18.2 Å². The van der Waals surface area contributed by atoms with Crippen molar-refractivity contribution in [2.75, 3.05) is 11.9 Å². The number of nitrogens with zero attached hydrogens (tertiary/aromatic N) is 3. The van der Waals surface area contributed by atoms with Gasteiger partial charge in [0.1, 0.15) is 11.5 Å². The number of nitrogens with one attached hydrogen (secondary N) is 1. The average Bonchev–Trinajstić information content (AvgIpc) is 2.88. The van der Waals surface area contributed by atoms with E-state index in [0.29, 0.717) is 5.82 Å². The van der Waals surface area contributed by atoms with Crippen molar-refractivity contribution in [2.45, 2.75) is 18.4 Å². The van der Waals surface area contributed by atoms with E-state index in [1.54, 1.807) is 6.20 Å². The molecule has 0 unspecified atom stereocenters. The number of hydrogen-bond donors (Lipinski definition) is 1. The highest BCUT2D eigenvalue weighted by molar-refractivity contribution is 7.98. The van der Waals surface area contributed by atoms with Crippen molar-refractivity contribution in [1.82, 2.24) is 15.0 Å². The van der Waals surface area contributed by atoms with Gasteiger partial charge in [0.25, 0.3) is 0 Å². The molecule has 0 spiro atoms. The lowest BCUT2D eigenvalue weighted by molar-refractivity contribution is 1.04. The Balaban J connectivity index is 2.09. The predicted molar refractivity (Wildman–Crippen MR) is 74.4 cm³/mol. The molecule has 0 fully saturated rings. The molecule has 1 aliphatic heterocycles. The summed E-state index contributed by atoms with van der Waals surface area (Å²) in [5.74, 6) is 3.65. The van der Waals surface area contributed by atoms with Crippen molar-refractivity contribution < 1.29 is 0 Å². The quantitative estimate of drug-likeness (QED) is 0.917. The number of pyridine rings is 1. The van der Waals surface area contributed by atoms with E-state index in [1.165, 1.54) is 5.56 Å². The lowest BCUT2D eigenvalue weighted by Gasteiger charge is -2.09. The van der Waals surface area contributed by atoms with Crippen molar-refractivity contribution in [3.63, 3.8) is 0 Å². The monoisotopic (exact) mass is 258 g/mol. The fourth-order valence-electron chi connectivity index (χ4n) is 1.97. The van der Waals surface area contributed by atoms with Crippen LogP contribution in [0.2, 0.25) is 0 Å². The van der Waals surface area contributed by atoms with Gasteiger partial charge in [-0.15, -0.1) is 0 Å². The largest absolute Gasteiger partial charge is 0.370 e. The molecule has 3 rings (SSSR count). The second-order valence-electron chi connectivity index (χ2n) is 4.06. The van der Waals surface area contributed by atoms with Crippen LogP contribution in [0.5, 0.6) is 0 Å². The van der Waals surface area contributed by atoms with E-state index in [0.717, 1.165) is 35.3 Å². The van der Waals surface area contributed by atoms with E-state index in [-0.39, 0.29) is 0 Å². The highest BCUT2D eigenvalue weighted by Gasteiger charge is 2.20. The molecule has 1 aliphatic rings. The maximum atomic E-state index is 4.63. The van der Waals surface area contributed by atoms with Gasteiger partial charge in [-0.05, 0) is 19.1 Å². The Bertz CT molecular complexity index is 556. The molecule has 0 aliphatic carbocycles. The first-order valence-electron chi connectivity index (χ1n) is 6.01. The van der Waals surface area contributed by atoms with Gasteiger partial charge in [-0.2, -0.15) is 11.8 Å². The highest BCUT2D eigenvalue weighted by Crippen LogP contribution is 2.33. The van der Waals surface area contributed by atoms with Crippen molar-refractivity contribution in [1.29, 1.82) is 0 Å². The zero-order valence-electron chi connectivity index (χ0n) is 10.2. The zero-order valence-corrected chi connectivity index (χ0v) is 11.0. The SMILES string of the molecule is CCNc1nc(-c2ccccn2)nc2c1CSC2. The van der Waals surface area contributed by atoms with Crippen LogP contribution >= 0.6 is 11.8 Å². The molecule has 0 radical (unpaired) electrons. The maximum Gasteiger partial charge on any atom is 0.180 e. The first kappa shape index (κ1) is 11.5. The standard InChI is InChI=1S/C13H14N4S/c1-2-14-12-9-7-18-8-11(9)16-13(17-12)10-5-3-4-6-15-10/h3-6H,2,7-8H2,1H3,(H,14,16,17). The lowest BCUT2D eigenvalue weighted by atomic mass is 10.2. The number of anilines is 1. The third-order valence-electron chi connectivity index (χ3n) is 2.82. The van der Waals surface area contributed by atoms with E-state index in [2.05, 4.69) is 27.2 Å². The Morgan fingerprint density at radius 1 is 1.28 bits per heavy atom. The zero-order chi connectivity index (χ0) is 12.4. The molecular formula is C13H14N4S. The minimum absolute atomic E-state index is 0.716. The van der Waals surface area contributed by atoms with Gasteiger partial charge >= 0.3 is 0 Å². The normalized spacial score (nSPS) is 13.4. The second kappa shape index (κ2) is 4.94. The van der Waals surface area contributed by atoms with Crippen molar-refractivity contribution in [2.24, 2.45) is 0 Å². The summed E-state index contributed by atoms with van der Waals surface area (Å²) in [6, 6.07) is 5.80. The van der Waals surface area contributed by atoms with E-state index >= 15 is 0 Å². The molecule has 0 saturated carbocycles. The van der Waals surface area contributed by atoms with Crippen LogP contribution in [0.4, 0.5) is 5.82 Å². The fourth-order valence-corrected chi connectivity index (χ4v) is 3.02. The predicted octanol–water partition coefficient (Wildman–Crippen LogP) is 2.72. The molecule has 3 heterocycles. The summed E-state index contributed by atoms with van der Waals surface area (Å²) < 4.78 is 0. The number of thioether (sulfide) groups is 1. The molecule has 0 amide bonds. The summed E-state index contributed by atoms with van der Waals surface area (Å²) in [7, 11) is 0. The fraction of sp³-hybridized carbons (Fsp3) is 0.308. The van der Waals surface area contributed by atoms with Crippen LogP contribution in [0.3, 0.4) is 0 Å². The first-order valence-corrected chi connectivity index (χ1v) is 7.16. The summed E-state index contributed by atoms with van der Waals surface area (Å²) >= 11 is 1.88. The van der Waals surface area contributed by atoms with Crippen LogP contribution < -0.4 is 5.32 Å². The molecular weight excluding hydrogens is 244 g/mol. The van der Waals surface area contributed by atoms with Gasteiger partial charge in [0.15, 0.2) is 5.82 Å². The number of hydrogen-bond acceptors (Lipinski definition) is 5. The van der Waals surface area contributed by atoms with Gasteiger partial charge in [-0.3, -0.25) is 4.98 Å². The smallest absolute Gasteiger partial charge is 0.180 e. The van der Waals surface area contributed by atoms with Gasteiger partial charge in [-0.25, -0.2) is 9.97 Å². The van der Waals surface area contributed by atoms with Crippen molar-refractivity contribution in [3.8, 4) is 11.5 Å². The number of rotatable bonds is 3. The van der Waals surface area contributed by atoms with Crippen LogP contribution in [-0.2, 0) is 11.5 Å². The van der Waals surface area contributed by atoms with Crippen molar-refractivity contribution >= 4 is 17.6 Å². The molecule has 2 aromatic rings. The Morgan fingerprint density at radius 3 is 3.00 bits per heavy atom. The number of fused-ring (bicyclic) bond motifs is 1. The third kappa shape index (κ3) is 2.06. The summed E-state index contributed by atoms with van der Waals surface area (Å²) in [6.07, 6.45) is 1.77. The van der Waals surface area contributed by atoms with Crippen LogP contribution in [0.15, 0.2) is 24.4 Å². The number of aromatic nitrogens is 3. The Morgan fingerprint density at radius 2 is 2.22 bits per heavy atom. The molecule has 0 saturated heterocycles. The van der Waals surface area contributed by atoms with Gasteiger partial charge in [0.2, 0.25) is 0 Å². The average molecular weight is 258 g/mol. The minimum atomic E-state index is 0.716. The summed E-state index contributed by atoms with van der Waals surface area (Å²) in [5, 5.41) is 3.33. The Kier molecular flexibility index (Phi) is 3.15. The van der Waals surface area contributed by atoms with Gasteiger partial charge < -0.3 is 5.32 Å². The summed E-state index contributed by atoms with van der Waals surface area (Å²) in [4.78, 5) is 13.6. The van der Waals surface area contributed by atoms with Crippen LogP contribution in [0, 0.1) is 0 Å². The van der Waals surface area contributed by atoms with Crippen LogP contribution in [-0.4, -0.2) is 21.5 Å². The molecule has 0 bridgehead atoms. The highest BCUT2D eigenvalue weighted by atomic mass is 32.2. The van der Waals surface area contributed by atoms with Gasteiger partial charge in [0, 0.05) is 29.8 Å². The topological polar surface area (TPSA) is 50.7 Å². The molecule has 2 aromatic heterocycles. The van der Waals surface area contributed by atoms with E-state index < -0.39 is 0 Å². The Hall–Kier alpha value is -1.62. The maximum absolute atomic E-state index is 4.63. The van der Waals surface area contributed by atoms with E-state index in [4.69, 9.17) is 0 Å². The van der Waals surface area contributed by atoms with E-state index in [1.807, 2.05) is 30.0 Å². The molecule has 4 nitrogen and oxygen atoms in total. The lowest BCUT2D eigenvalue weighted by Crippen LogP contribution is -2.07. The molecule has 18 heavy (non-hydrogen) atoms. The van der Waals surface area contributed by atoms with Gasteiger partial charge in [0.05, 0.1) is 5.69 Å². The first-order chi connectivity index (χ1) is 8.88. The van der Waals surface area contributed by atoms with Gasteiger partial charge in [-0.1, -0.05) is 6.07 Å². The van der Waals surface area contributed by atoms with Crippen LogP contribution in [0.25, 0.3) is 11.5 Å².